The van der Waals surface area contributed by atoms with Crippen LogP contribution in [-0.4, -0.2) is 42.9 Å². The van der Waals surface area contributed by atoms with Crippen molar-refractivity contribution in [1.82, 2.24) is 5.32 Å². The van der Waals surface area contributed by atoms with E-state index >= 15 is 0 Å². The van der Waals surface area contributed by atoms with Gasteiger partial charge < -0.3 is 10.4 Å². The van der Waals surface area contributed by atoms with Gasteiger partial charge in [-0.3, -0.25) is 9.59 Å². The first kappa shape index (κ1) is 15.3. The Morgan fingerprint density at radius 3 is 2.25 bits per heavy atom. The van der Waals surface area contributed by atoms with Gasteiger partial charge in [0.15, 0.2) is 9.84 Å². The van der Waals surface area contributed by atoms with Crippen LogP contribution in [-0.2, 0) is 19.4 Å². The summed E-state index contributed by atoms with van der Waals surface area (Å²) in [4.78, 5) is 23.3. The van der Waals surface area contributed by atoms with E-state index in [2.05, 4.69) is 5.32 Å². The van der Waals surface area contributed by atoms with Crippen molar-refractivity contribution in [2.75, 3.05) is 12.3 Å². The molecular weight excluding hydrogens is 282 g/mol. The summed E-state index contributed by atoms with van der Waals surface area (Å²) in [6, 6.07) is 0. The number of hydrogen-bond donors (Lipinski definition) is 2. The lowest BCUT2D eigenvalue weighted by molar-refractivity contribution is -0.148. The second-order valence-corrected chi connectivity index (χ2v) is 8.11. The van der Waals surface area contributed by atoms with Crippen LogP contribution in [0.1, 0.15) is 38.5 Å². The minimum Gasteiger partial charge on any atom is -0.481 e. The predicted molar refractivity (Wildman–Crippen MR) is 72.9 cm³/mol. The van der Waals surface area contributed by atoms with Crippen LogP contribution in [0.3, 0.4) is 0 Å². The number of nitrogens with one attached hydrogen (secondary N) is 1. The maximum Gasteiger partial charge on any atom is 0.307 e. The third kappa shape index (κ3) is 3.31. The Balaban J connectivity index is 1.92. The molecule has 114 valence electrons. The zero-order valence-electron chi connectivity index (χ0n) is 11.4. The Labute approximate surface area is 118 Å². The monoisotopic (exact) mass is 303 g/mol. The zero-order chi connectivity index (χ0) is 14.8. The molecule has 0 aromatic carbocycles. The fraction of sp³-hybridized carbons (Fsp3) is 0.846. The molecule has 2 aliphatic rings. The molecule has 1 aliphatic heterocycles. The van der Waals surface area contributed by atoms with Crippen LogP contribution < -0.4 is 5.32 Å². The van der Waals surface area contributed by atoms with Crippen molar-refractivity contribution < 1.29 is 23.1 Å². The van der Waals surface area contributed by atoms with Gasteiger partial charge in [0.1, 0.15) is 0 Å². The first-order valence-corrected chi connectivity index (χ1v) is 8.85. The molecule has 0 radical (unpaired) electrons. The molecule has 0 aromatic rings. The van der Waals surface area contributed by atoms with Crippen molar-refractivity contribution in [2.24, 2.45) is 11.8 Å². The standard InChI is InChI=1S/C13H21NO5S/c15-12(10-5-1-2-6-11(10)13(16)17)14-8-9-4-3-7-20(9,18)19/h9-11H,1-8H2,(H,14,15)(H,16,17). The van der Waals surface area contributed by atoms with E-state index in [1.807, 2.05) is 0 Å². The predicted octanol–water partition coefficient (Wildman–Crippen LogP) is 0.571. The lowest BCUT2D eigenvalue weighted by atomic mass is 9.78. The number of amides is 1. The van der Waals surface area contributed by atoms with E-state index in [1.165, 1.54) is 0 Å². The van der Waals surface area contributed by atoms with E-state index in [4.69, 9.17) is 5.11 Å². The van der Waals surface area contributed by atoms with Crippen molar-refractivity contribution in [3.05, 3.63) is 0 Å². The Bertz CT molecular complexity index is 487. The number of carbonyl (C=O) groups excluding carboxylic acids is 1. The number of rotatable bonds is 4. The van der Waals surface area contributed by atoms with Gasteiger partial charge in [0.05, 0.1) is 22.8 Å². The molecule has 7 heteroatoms. The zero-order valence-corrected chi connectivity index (χ0v) is 12.2. The van der Waals surface area contributed by atoms with Gasteiger partial charge in [-0.05, 0) is 25.7 Å². The molecule has 3 unspecified atom stereocenters. The van der Waals surface area contributed by atoms with E-state index in [1.54, 1.807) is 0 Å². The Kier molecular flexibility index (Phi) is 4.67. The first-order valence-electron chi connectivity index (χ1n) is 7.14. The number of carboxylic acids is 1. The fourth-order valence-corrected chi connectivity index (χ4v) is 4.94. The van der Waals surface area contributed by atoms with E-state index in [0.717, 1.165) is 12.8 Å². The SMILES string of the molecule is O=C(O)C1CCCCC1C(=O)NCC1CCCS1(=O)=O. The minimum absolute atomic E-state index is 0.115. The molecule has 3 atom stereocenters. The van der Waals surface area contributed by atoms with Crippen LogP contribution in [0.15, 0.2) is 0 Å². The Morgan fingerprint density at radius 2 is 1.70 bits per heavy atom. The highest BCUT2D eigenvalue weighted by atomic mass is 32.2. The maximum atomic E-state index is 12.1. The Morgan fingerprint density at radius 1 is 1.05 bits per heavy atom. The van der Waals surface area contributed by atoms with Crippen LogP contribution in [0.4, 0.5) is 0 Å². The van der Waals surface area contributed by atoms with Crippen molar-refractivity contribution in [3.8, 4) is 0 Å². The molecule has 1 heterocycles. The van der Waals surface area contributed by atoms with Crippen molar-refractivity contribution in [1.29, 1.82) is 0 Å². The molecule has 6 nitrogen and oxygen atoms in total. The van der Waals surface area contributed by atoms with Crippen LogP contribution in [0.2, 0.25) is 0 Å². The van der Waals surface area contributed by atoms with E-state index in [0.29, 0.717) is 25.7 Å². The van der Waals surface area contributed by atoms with Crippen molar-refractivity contribution in [3.63, 3.8) is 0 Å². The topological polar surface area (TPSA) is 101 Å². The molecule has 1 saturated heterocycles. The smallest absolute Gasteiger partial charge is 0.307 e. The summed E-state index contributed by atoms with van der Waals surface area (Å²) in [5, 5.41) is 11.3. The number of sulfone groups is 1. The second-order valence-electron chi connectivity index (χ2n) is 5.71. The summed E-state index contributed by atoms with van der Waals surface area (Å²) >= 11 is 0. The van der Waals surface area contributed by atoms with Gasteiger partial charge in [0.2, 0.25) is 5.91 Å². The van der Waals surface area contributed by atoms with Gasteiger partial charge in [-0.1, -0.05) is 12.8 Å². The molecule has 1 saturated carbocycles. The number of carboxylic acid groups (broad SMARTS) is 1. The van der Waals surface area contributed by atoms with E-state index < -0.39 is 32.9 Å². The number of carbonyl (C=O) groups is 2. The molecule has 2 rings (SSSR count). The lowest BCUT2D eigenvalue weighted by Crippen LogP contribution is -2.43. The summed E-state index contributed by atoms with van der Waals surface area (Å²) in [5.41, 5.74) is 0. The molecule has 1 aliphatic carbocycles. The number of hydrogen-bond acceptors (Lipinski definition) is 4. The summed E-state index contributed by atoms with van der Waals surface area (Å²) < 4.78 is 23.4. The van der Waals surface area contributed by atoms with Crippen molar-refractivity contribution >= 4 is 21.7 Å². The Hall–Kier alpha value is -1.11. The van der Waals surface area contributed by atoms with Crippen molar-refractivity contribution in [2.45, 2.75) is 43.8 Å². The molecule has 0 aromatic heterocycles. The van der Waals surface area contributed by atoms with Gasteiger partial charge >= 0.3 is 5.97 Å². The largest absolute Gasteiger partial charge is 0.481 e. The van der Waals surface area contributed by atoms with Gasteiger partial charge in [0, 0.05) is 6.54 Å². The molecular formula is C13H21NO5S. The molecule has 0 spiro atoms. The highest BCUT2D eigenvalue weighted by molar-refractivity contribution is 7.92. The molecule has 2 fully saturated rings. The van der Waals surface area contributed by atoms with Gasteiger partial charge in [0.25, 0.3) is 0 Å². The lowest BCUT2D eigenvalue weighted by Gasteiger charge is -2.27. The normalized spacial score (nSPS) is 32.7. The second kappa shape index (κ2) is 6.11. The maximum absolute atomic E-state index is 12.1. The van der Waals surface area contributed by atoms with Gasteiger partial charge in [-0.2, -0.15) is 0 Å². The van der Waals surface area contributed by atoms with Gasteiger partial charge in [-0.15, -0.1) is 0 Å². The molecule has 1 amide bonds. The molecule has 20 heavy (non-hydrogen) atoms. The number of aliphatic carboxylic acids is 1. The first-order chi connectivity index (χ1) is 9.42. The molecule has 2 N–H and O–H groups in total. The fourth-order valence-electron chi connectivity index (χ4n) is 3.17. The van der Waals surface area contributed by atoms with Crippen LogP contribution >= 0.6 is 0 Å². The average molecular weight is 303 g/mol. The highest BCUT2D eigenvalue weighted by Crippen LogP contribution is 2.30. The van der Waals surface area contributed by atoms with E-state index in [9.17, 15) is 18.0 Å². The van der Waals surface area contributed by atoms with Gasteiger partial charge in [-0.25, -0.2) is 8.42 Å². The quantitative estimate of drug-likeness (QED) is 0.791. The summed E-state index contributed by atoms with van der Waals surface area (Å²) in [6.45, 7) is 0.115. The highest BCUT2D eigenvalue weighted by Gasteiger charge is 2.37. The van der Waals surface area contributed by atoms with Crippen LogP contribution in [0.5, 0.6) is 0 Å². The average Bonchev–Trinajstić information content (AvgIpc) is 2.75. The summed E-state index contributed by atoms with van der Waals surface area (Å²) in [5.74, 6) is -2.21. The third-order valence-corrected chi connectivity index (χ3v) is 6.66. The van der Waals surface area contributed by atoms with E-state index in [-0.39, 0.29) is 18.2 Å². The molecule has 0 bridgehead atoms. The van der Waals surface area contributed by atoms with Crippen LogP contribution in [0, 0.1) is 11.8 Å². The summed E-state index contributed by atoms with van der Waals surface area (Å²) in [7, 11) is -3.07. The third-order valence-electron chi connectivity index (χ3n) is 4.39. The summed E-state index contributed by atoms with van der Waals surface area (Å²) in [6.07, 6.45) is 4.00. The van der Waals surface area contributed by atoms with Crippen LogP contribution in [0.25, 0.3) is 0 Å². The minimum atomic E-state index is -3.07.